The number of hydrogen-bond donors (Lipinski definition) is 1. The Morgan fingerprint density at radius 2 is 1.85 bits per heavy atom. The van der Waals surface area contributed by atoms with Crippen molar-refractivity contribution in [3.63, 3.8) is 0 Å². The number of aromatic nitrogens is 1. The summed E-state index contributed by atoms with van der Waals surface area (Å²) < 4.78 is 1.93. The van der Waals surface area contributed by atoms with Crippen molar-refractivity contribution in [2.75, 3.05) is 0 Å². The maximum Gasteiger partial charge on any atom is 0.146 e. The highest BCUT2D eigenvalue weighted by atomic mass is 79.9. The Kier molecular flexibility index (Phi) is 3.86. The zero-order valence-electron chi connectivity index (χ0n) is 9.62. The number of phenols is 1. The van der Waals surface area contributed by atoms with E-state index in [1.807, 2.05) is 18.2 Å². The summed E-state index contributed by atoms with van der Waals surface area (Å²) >= 11 is 22.9. The number of thiazole rings is 1. The third-order valence-electron chi connectivity index (χ3n) is 2.71. The fourth-order valence-electron chi connectivity index (χ4n) is 1.79. The number of benzene rings is 2. The van der Waals surface area contributed by atoms with Crippen LogP contribution in [0, 0.1) is 0 Å². The summed E-state index contributed by atoms with van der Waals surface area (Å²) in [5, 5.41) is 11.4. The molecule has 1 heterocycles. The van der Waals surface area contributed by atoms with Crippen LogP contribution in [0.2, 0.25) is 15.1 Å². The highest BCUT2D eigenvalue weighted by Crippen LogP contribution is 2.46. The summed E-state index contributed by atoms with van der Waals surface area (Å²) in [6, 6.07) is 7.15. The Bertz CT molecular complexity index is 808. The largest absolute Gasteiger partial charge is 0.506 e. The van der Waals surface area contributed by atoms with E-state index in [2.05, 4.69) is 20.9 Å². The van der Waals surface area contributed by atoms with Gasteiger partial charge in [0.25, 0.3) is 0 Å². The number of aromatic hydroxyl groups is 1. The Morgan fingerprint density at radius 3 is 2.60 bits per heavy atom. The van der Waals surface area contributed by atoms with Crippen molar-refractivity contribution >= 4 is 72.3 Å². The predicted octanol–water partition coefficient (Wildman–Crippen LogP) is 6.39. The number of nitrogens with zero attached hydrogens (tertiary/aromatic N) is 1. The molecule has 0 atom stereocenters. The molecule has 0 radical (unpaired) electrons. The number of halogens is 4. The Hall–Kier alpha value is -0.520. The lowest BCUT2D eigenvalue weighted by atomic mass is 10.2. The average molecular weight is 410 g/mol. The third-order valence-corrected chi connectivity index (χ3v) is 5.31. The van der Waals surface area contributed by atoms with Crippen molar-refractivity contribution in [1.29, 1.82) is 0 Å². The predicted molar refractivity (Wildman–Crippen MR) is 89.5 cm³/mol. The fourth-order valence-corrected chi connectivity index (χ4v) is 4.11. The zero-order chi connectivity index (χ0) is 14.4. The normalized spacial score (nSPS) is 11.2. The molecular weight excluding hydrogens is 404 g/mol. The van der Waals surface area contributed by atoms with Crippen molar-refractivity contribution in [1.82, 2.24) is 4.98 Å². The maximum absolute atomic E-state index is 10.1. The first kappa shape index (κ1) is 14.4. The molecule has 0 aliphatic carbocycles. The van der Waals surface area contributed by atoms with Gasteiger partial charge < -0.3 is 5.11 Å². The minimum absolute atomic E-state index is 0.112. The summed E-state index contributed by atoms with van der Waals surface area (Å²) in [6.45, 7) is 0. The molecule has 0 unspecified atom stereocenters. The molecule has 0 fully saturated rings. The minimum atomic E-state index is -0.112. The highest BCUT2D eigenvalue weighted by Gasteiger charge is 2.19. The molecule has 0 aliphatic rings. The maximum atomic E-state index is 10.1. The van der Waals surface area contributed by atoms with Crippen molar-refractivity contribution in [2.24, 2.45) is 0 Å². The van der Waals surface area contributed by atoms with Crippen LogP contribution in [0.25, 0.3) is 20.8 Å². The molecule has 1 N–H and O–H groups in total. The monoisotopic (exact) mass is 407 g/mol. The number of fused-ring (bicyclic) bond motifs is 1. The first-order chi connectivity index (χ1) is 9.47. The average Bonchev–Trinajstić information content (AvgIpc) is 2.79. The molecule has 0 bridgehead atoms. The lowest BCUT2D eigenvalue weighted by Gasteiger charge is -2.07. The molecular formula is C13H5BrCl3NOS. The van der Waals surface area contributed by atoms with E-state index in [9.17, 15) is 5.11 Å². The standard InChI is InChI=1S/C13H5BrCl3NOS/c14-5-1-2-8-9(3-5)20-13(18-8)10-11(17)6(15)4-7(16)12(10)19/h1-4,19H. The van der Waals surface area contributed by atoms with Gasteiger partial charge in [-0.05, 0) is 24.3 Å². The van der Waals surface area contributed by atoms with Crippen LogP contribution < -0.4 is 0 Å². The van der Waals surface area contributed by atoms with Crippen molar-refractivity contribution < 1.29 is 5.11 Å². The van der Waals surface area contributed by atoms with E-state index in [0.717, 1.165) is 14.7 Å². The van der Waals surface area contributed by atoms with Gasteiger partial charge in [-0.1, -0.05) is 50.7 Å². The molecule has 20 heavy (non-hydrogen) atoms. The third kappa shape index (κ3) is 2.40. The van der Waals surface area contributed by atoms with Crippen LogP contribution >= 0.6 is 62.1 Å². The molecule has 0 amide bonds. The van der Waals surface area contributed by atoms with E-state index < -0.39 is 0 Å². The van der Waals surface area contributed by atoms with Crippen LogP contribution in [0.1, 0.15) is 0 Å². The summed E-state index contributed by atoms with van der Waals surface area (Å²) in [6.07, 6.45) is 0. The molecule has 3 rings (SSSR count). The quantitative estimate of drug-likeness (QED) is 0.472. The van der Waals surface area contributed by atoms with Gasteiger partial charge in [-0.15, -0.1) is 11.3 Å². The van der Waals surface area contributed by atoms with E-state index in [4.69, 9.17) is 34.8 Å². The van der Waals surface area contributed by atoms with Gasteiger partial charge in [0, 0.05) is 4.47 Å². The van der Waals surface area contributed by atoms with E-state index in [0.29, 0.717) is 10.6 Å². The molecule has 0 aliphatic heterocycles. The molecule has 7 heteroatoms. The van der Waals surface area contributed by atoms with Gasteiger partial charge in [0.15, 0.2) is 0 Å². The van der Waals surface area contributed by atoms with Crippen molar-refractivity contribution in [3.8, 4) is 16.3 Å². The SMILES string of the molecule is Oc1c(Cl)cc(Cl)c(Cl)c1-c1nc2ccc(Br)cc2s1. The molecule has 0 saturated carbocycles. The van der Waals surface area contributed by atoms with E-state index >= 15 is 0 Å². The summed E-state index contributed by atoms with van der Waals surface area (Å²) in [4.78, 5) is 4.46. The van der Waals surface area contributed by atoms with Crippen LogP contribution in [0.4, 0.5) is 0 Å². The Labute approximate surface area is 142 Å². The molecule has 3 aromatic rings. The lowest BCUT2D eigenvalue weighted by Crippen LogP contribution is -1.83. The summed E-state index contributed by atoms with van der Waals surface area (Å²) in [5.74, 6) is -0.112. The lowest BCUT2D eigenvalue weighted by molar-refractivity contribution is 0.477. The number of hydrogen-bond acceptors (Lipinski definition) is 3. The van der Waals surface area contributed by atoms with Crippen LogP contribution in [-0.2, 0) is 0 Å². The van der Waals surface area contributed by atoms with Crippen molar-refractivity contribution in [2.45, 2.75) is 0 Å². The Balaban J connectivity index is 2.30. The van der Waals surface area contributed by atoms with Crippen LogP contribution in [0.5, 0.6) is 5.75 Å². The van der Waals surface area contributed by atoms with Gasteiger partial charge in [0.05, 0.1) is 30.8 Å². The van der Waals surface area contributed by atoms with Gasteiger partial charge in [-0.25, -0.2) is 4.98 Å². The smallest absolute Gasteiger partial charge is 0.146 e. The second-order valence-electron chi connectivity index (χ2n) is 4.01. The zero-order valence-corrected chi connectivity index (χ0v) is 14.3. The first-order valence-electron chi connectivity index (χ1n) is 5.40. The molecule has 2 aromatic carbocycles. The molecule has 102 valence electrons. The Morgan fingerprint density at radius 1 is 1.10 bits per heavy atom. The van der Waals surface area contributed by atoms with Crippen LogP contribution in [0.3, 0.4) is 0 Å². The minimum Gasteiger partial charge on any atom is -0.506 e. The van der Waals surface area contributed by atoms with Crippen molar-refractivity contribution in [3.05, 3.63) is 43.8 Å². The summed E-state index contributed by atoms with van der Waals surface area (Å²) in [5.41, 5.74) is 1.18. The topological polar surface area (TPSA) is 33.1 Å². The number of phenolic OH excluding ortho intramolecular Hbond substituents is 1. The second kappa shape index (κ2) is 5.35. The van der Waals surface area contributed by atoms with Gasteiger partial charge >= 0.3 is 0 Å². The molecule has 2 nitrogen and oxygen atoms in total. The molecule has 1 aromatic heterocycles. The second-order valence-corrected chi connectivity index (χ2v) is 7.15. The molecule has 0 saturated heterocycles. The van der Waals surface area contributed by atoms with E-state index in [-0.39, 0.29) is 20.8 Å². The first-order valence-corrected chi connectivity index (χ1v) is 8.14. The van der Waals surface area contributed by atoms with Gasteiger partial charge in [-0.2, -0.15) is 0 Å². The van der Waals surface area contributed by atoms with Crippen LogP contribution in [0.15, 0.2) is 28.7 Å². The van der Waals surface area contributed by atoms with Gasteiger partial charge in [0.2, 0.25) is 0 Å². The fraction of sp³-hybridized carbons (Fsp3) is 0. The number of rotatable bonds is 1. The van der Waals surface area contributed by atoms with Gasteiger partial charge in [0.1, 0.15) is 10.8 Å². The van der Waals surface area contributed by atoms with E-state index in [1.165, 1.54) is 17.4 Å². The highest BCUT2D eigenvalue weighted by molar-refractivity contribution is 9.10. The van der Waals surface area contributed by atoms with Gasteiger partial charge in [-0.3, -0.25) is 0 Å². The summed E-state index contributed by atoms with van der Waals surface area (Å²) in [7, 11) is 0. The van der Waals surface area contributed by atoms with E-state index in [1.54, 1.807) is 0 Å². The van der Waals surface area contributed by atoms with Crippen LogP contribution in [-0.4, -0.2) is 10.1 Å². The molecule has 0 spiro atoms.